The summed E-state index contributed by atoms with van der Waals surface area (Å²) in [6, 6.07) is 21.0. The summed E-state index contributed by atoms with van der Waals surface area (Å²) < 4.78 is 5.00. The van der Waals surface area contributed by atoms with Gasteiger partial charge in [0.05, 0.1) is 24.2 Å². The van der Waals surface area contributed by atoms with Crippen LogP contribution in [0.3, 0.4) is 0 Å². The molecular formula is C21H19N3O2. The highest BCUT2D eigenvalue weighted by Gasteiger charge is 2.57. The zero-order valence-electron chi connectivity index (χ0n) is 14.4. The third-order valence-corrected chi connectivity index (χ3v) is 5.01. The predicted octanol–water partition coefficient (Wildman–Crippen LogP) is 3.00. The molecule has 1 heterocycles. The van der Waals surface area contributed by atoms with Crippen LogP contribution < -0.4 is 5.32 Å². The van der Waals surface area contributed by atoms with Gasteiger partial charge in [0.15, 0.2) is 5.41 Å². The lowest BCUT2D eigenvalue weighted by Gasteiger charge is -2.28. The van der Waals surface area contributed by atoms with Crippen LogP contribution in [-0.2, 0) is 9.53 Å². The minimum atomic E-state index is -1.31. The second kappa shape index (κ2) is 7.39. The number of ether oxygens (including phenoxy) is 1. The van der Waals surface area contributed by atoms with Crippen molar-refractivity contribution in [1.29, 1.82) is 10.5 Å². The van der Waals surface area contributed by atoms with Crippen LogP contribution in [0.25, 0.3) is 0 Å². The maximum absolute atomic E-state index is 10.7. The van der Waals surface area contributed by atoms with Crippen molar-refractivity contribution >= 4 is 6.47 Å². The molecule has 1 saturated heterocycles. The Morgan fingerprint density at radius 3 is 2.31 bits per heavy atom. The van der Waals surface area contributed by atoms with Gasteiger partial charge in [-0.05, 0) is 18.1 Å². The van der Waals surface area contributed by atoms with Crippen LogP contribution >= 0.6 is 0 Å². The summed E-state index contributed by atoms with van der Waals surface area (Å²) in [6.45, 7) is 2.47. The van der Waals surface area contributed by atoms with Crippen molar-refractivity contribution in [2.24, 2.45) is 5.41 Å². The lowest BCUT2D eigenvalue weighted by atomic mass is 9.69. The van der Waals surface area contributed by atoms with Crippen LogP contribution in [-0.4, -0.2) is 19.1 Å². The summed E-state index contributed by atoms with van der Waals surface area (Å²) in [5, 5.41) is 23.5. The van der Waals surface area contributed by atoms with Gasteiger partial charge in [-0.2, -0.15) is 10.5 Å². The molecule has 0 aromatic heterocycles. The molecule has 26 heavy (non-hydrogen) atoms. The van der Waals surface area contributed by atoms with E-state index in [4.69, 9.17) is 4.74 Å². The SMILES string of the molecule is Cc1ccc(C2C(COC=O)NC(c3ccccc3)C2(C#N)C#N)cc1. The van der Waals surface area contributed by atoms with E-state index in [1.807, 2.05) is 61.5 Å². The number of hydrogen-bond acceptors (Lipinski definition) is 5. The molecule has 1 aliphatic heterocycles. The van der Waals surface area contributed by atoms with E-state index < -0.39 is 17.4 Å². The summed E-state index contributed by atoms with van der Waals surface area (Å²) >= 11 is 0. The molecule has 1 fully saturated rings. The maximum atomic E-state index is 10.7. The second-order valence-electron chi connectivity index (χ2n) is 6.53. The zero-order chi connectivity index (χ0) is 18.6. The van der Waals surface area contributed by atoms with Gasteiger partial charge in [0.2, 0.25) is 0 Å². The van der Waals surface area contributed by atoms with Crippen molar-refractivity contribution in [3.63, 3.8) is 0 Å². The van der Waals surface area contributed by atoms with E-state index in [1.165, 1.54) is 0 Å². The maximum Gasteiger partial charge on any atom is 0.293 e. The van der Waals surface area contributed by atoms with Crippen LogP contribution in [0.1, 0.15) is 28.7 Å². The Labute approximate surface area is 152 Å². The van der Waals surface area contributed by atoms with Crippen LogP contribution in [0.5, 0.6) is 0 Å². The van der Waals surface area contributed by atoms with E-state index in [9.17, 15) is 15.3 Å². The molecule has 130 valence electrons. The summed E-state index contributed by atoms with van der Waals surface area (Å²) in [4.78, 5) is 10.7. The number of benzene rings is 2. The fraction of sp³-hybridized carbons (Fsp3) is 0.286. The standard InChI is InChI=1S/C21H19N3O2/c1-15-7-9-16(10-8-15)19-18(11-26-14-25)24-20(21(19,12-22)13-23)17-5-3-2-4-6-17/h2-10,14,18-20,24H,11H2,1H3. The van der Waals surface area contributed by atoms with Crippen molar-refractivity contribution in [2.45, 2.75) is 24.9 Å². The first-order chi connectivity index (χ1) is 12.7. The topological polar surface area (TPSA) is 85.9 Å². The molecule has 3 rings (SSSR count). The second-order valence-corrected chi connectivity index (χ2v) is 6.53. The first-order valence-electron chi connectivity index (χ1n) is 8.41. The summed E-state index contributed by atoms with van der Waals surface area (Å²) in [7, 11) is 0. The van der Waals surface area contributed by atoms with Gasteiger partial charge in [-0.15, -0.1) is 0 Å². The molecule has 0 amide bonds. The van der Waals surface area contributed by atoms with Crippen LogP contribution in [0.2, 0.25) is 0 Å². The Kier molecular flexibility index (Phi) is 5.02. The van der Waals surface area contributed by atoms with Crippen LogP contribution in [0.15, 0.2) is 54.6 Å². The first-order valence-corrected chi connectivity index (χ1v) is 8.41. The van der Waals surface area contributed by atoms with E-state index in [-0.39, 0.29) is 12.6 Å². The molecule has 5 heteroatoms. The number of rotatable bonds is 5. The van der Waals surface area contributed by atoms with Crippen LogP contribution in [0.4, 0.5) is 0 Å². The van der Waals surface area contributed by atoms with Gasteiger partial charge < -0.3 is 10.1 Å². The van der Waals surface area contributed by atoms with Gasteiger partial charge in [0, 0.05) is 5.92 Å². The normalized spacial score (nSPS) is 23.6. The van der Waals surface area contributed by atoms with Crippen LogP contribution in [0, 0.1) is 35.0 Å². The Balaban J connectivity index is 2.12. The molecule has 2 aromatic rings. The van der Waals surface area contributed by atoms with Crippen molar-refractivity contribution in [3.8, 4) is 12.1 Å². The van der Waals surface area contributed by atoms with E-state index in [0.29, 0.717) is 6.47 Å². The summed E-state index contributed by atoms with van der Waals surface area (Å²) in [5.41, 5.74) is 1.53. The number of aryl methyl sites for hydroxylation is 1. The summed E-state index contributed by atoms with van der Waals surface area (Å²) in [5.74, 6) is -0.428. The molecule has 3 unspecified atom stereocenters. The molecular weight excluding hydrogens is 326 g/mol. The van der Waals surface area contributed by atoms with Crippen molar-refractivity contribution < 1.29 is 9.53 Å². The molecule has 0 bridgehead atoms. The van der Waals surface area contributed by atoms with E-state index in [2.05, 4.69) is 17.5 Å². The smallest absolute Gasteiger partial charge is 0.293 e. The monoisotopic (exact) mass is 345 g/mol. The molecule has 0 radical (unpaired) electrons. The lowest BCUT2D eigenvalue weighted by Crippen LogP contribution is -2.32. The minimum Gasteiger partial charge on any atom is -0.466 e. The minimum absolute atomic E-state index is 0.0937. The predicted molar refractivity (Wildman–Crippen MR) is 95.7 cm³/mol. The van der Waals surface area contributed by atoms with Crippen molar-refractivity contribution in [3.05, 3.63) is 71.3 Å². The van der Waals surface area contributed by atoms with Gasteiger partial charge in [0.1, 0.15) is 6.61 Å². The van der Waals surface area contributed by atoms with Gasteiger partial charge in [-0.1, -0.05) is 60.2 Å². The van der Waals surface area contributed by atoms with E-state index >= 15 is 0 Å². The number of nitrogens with zero attached hydrogens (tertiary/aromatic N) is 2. The largest absolute Gasteiger partial charge is 0.466 e. The average Bonchev–Trinajstić information content (AvgIpc) is 3.02. The number of hydrogen-bond donors (Lipinski definition) is 1. The van der Waals surface area contributed by atoms with E-state index in [0.717, 1.165) is 16.7 Å². The molecule has 1 aliphatic rings. The fourth-order valence-corrected chi connectivity index (χ4v) is 3.79. The number of nitrogens with one attached hydrogen (secondary N) is 1. The Morgan fingerprint density at radius 2 is 1.73 bits per heavy atom. The third-order valence-electron chi connectivity index (χ3n) is 5.01. The molecule has 0 aliphatic carbocycles. The number of nitriles is 2. The molecule has 0 saturated carbocycles. The van der Waals surface area contributed by atoms with Gasteiger partial charge >= 0.3 is 0 Å². The highest BCUT2D eigenvalue weighted by Crippen LogP contribution is 2.52. The third kappa shape index (κ3) is 2.94. The van der Waals surface area contributed by atoms with Gasteiger partial charge in [-0.25, -0.2) is 0 Å². The highest BCUT2D eigenvalue weighted by molar-refractivity contribution is 5.43. The highest BCUT2D eigenvalue weighted by atomic mass is 16.5. The van der Waals surface area contributed by atoms with Crippen molar-refractivity contribution in [1.82, 2.24) is 5.32 Å². The van der Waals surface area contributed by atoms with Crippen molar-refractivity contribution in [2.75, 3.05) is 6.61 Å². The molecule has 5 nitrogen and oxygen atoms in total. The molecule has 0 spiro atoms. The average molecular weight is 345 g/mol. The lowest BCUT2D eigenvalue weighted by molar-refractivity contribution is -0.129. The Hall–Kier alpha value is -3.15. The van der Waals surface area contributed by atoms with E-state index in [1.54, 1.807) is 0 Å². The zero-order valence-corrected chi connectivity index (χ0v) is 14.4. The molecule has 1 N–H and O–H groups in total. The van der Waals surface area contributed by atoms with Gasteiger partial charge in [0.25, 0.3) is 6.47 Å². The summed E-state index contributed by atoms with van der Waals surface area (Å²) in [6.07, 6.45) is 0. The Morgan fingerprint density at radius 1 is 1.08 bits per heavy atom. The molecule has 3 atom stereocenters. The number of carbonyl (C=O) groups is 1. The quantitative estimate of drug-likeness (QED) is 0.842. The molecule has 2 aromatic carbocycles. The Bertz CT molecular complexity index is 836. The first kappa shape index (κ1) is 17.7. The fourth-order valence-electron chi connectivity index (χ4n) is 3.79. The van der Waals surface area contributed by atoms with Gasteiger partial charge in [-0.3, -0.25) is 4.79 Å². The number of carbonyl (C=O) groups excluding carboxylic acids is 1.